The van der Waals surface area contributed by atoms with E-state index >= 15 is 0 Å². The highest BCUT2D eigenvalue weighted by molar-refractivity contribution is 7.80. The van der Waals surface area contributed by atoms with Crippen LogP contribution in [0.15, 0.2) is 42.5 Å². The Hall–Kier alpha value is -3.45. The second-order valence-corrected chi connectivity index (χ2v) is 8.62. The van der Waals surface area contributed by atoms with Gasteiger partial charge in [-0.25, -0.2) is 0 Å². The second kappa shape index (κ2) is 9.43. The van der Waals surface area contributed by atoms with Crippen molar-refractivity contribution in [2.75, 3.05) is 18.1 Å². The molecule has 34 heavy (non-hydrogen) atoms. The third kappa shape index (κ3) is 4.89. The fourth-order valence-corrected chi connectivity index (χ4v) is 4.15. The van der Waals surface area contributed by atoms with E-state index in [0.717, 1.165) is 17.0 Å². The van der Waals surface area contributed by atoms with Crippen LogP contribution in [0, 0.1) is 11.3 Å². The summed E-state index contributed by atoms with van der Waals surface area (Å²) in [5, 5.41) is 9.10. The maximum absolute atomic E-state index is 13.4. The van der Waals surface area contributed by atoms with Gasteiger partial charge in [0.2, 0.25) is 0 Å². The van der Waals surface area contributed by atoms with Gasteiger partial charge in [-0.2, -0.15) is 18.4 Å². The first-order valence-electron chi connectivity index (χ1n) is 10.4. The molecule has 0 aromatic heterocycles. The largest absolute Gasteiger partial charge is 0.494 e. The number of hydrogen-bond acceptors (Lipinski definition) is 5. The Labute approximate surface area is 200 Å². The van der Waals surface area contributed by atoms with E-state index in [0.29, 0.717) is 30.9 Å². The van der Waals surface area contributed by atoms with E-state index in [1.807, 2.05) is 0 Å². The predicted octanol–water partition coefficient (Wildman–Crippen LogP) is 4.96. The van der Waals surface area contributed by atoms with Crippen LogP contribution < -0.4 is 9.64 Å². The molecule has 0 bridgehead atoms. The highest BCUT2D eigenvalue weighted by Gasteiger charge is 2.49. The van der Waals surface area contributed by atoms with Crippen molar-refractivity contribution in [1.29, 1.82) is 5.26 Å². The van der Waals surface area contributed by atoms with E-state index < -0.39 is 28.7 Å². The van der Waals surface area contributed by atoms with Crippen LogP contribution in [0.2, 0.25) is 0 Å². The number of carbonyl (C=O) groups is 2. The van der Waals surface area contributed by atoms with Crippen molar-refractivity contribution in [1.82, 2.24) is 4.90 Å². The van der Waals surface area contributed by atoms with E-state index in [2.05, 4.69) is 0 Å². The molecule has 1 fully saturated rings. The van der Waals surface area contributed by atoms with Gasteiger partial charge in [0.1, 0.15) is 11.3 Å². The molecule has 1 heterocycles. The van der Waals surface area contributed by atoms with Crippen molar-refractivity contribution in [3.63, 3.8) is 0 Å². The first kappa shape index (κ1) is 25.2. The van der Waals surface area contributed by atoms with Crippen LogP contribution in [0.4, 0.5) is 18.9 Å². The van der Waals surface area contributed by atoms with Gasteiger partial charge in [-0.1, -0.05) is 0 Å². The number of amides is 1. The van der Waals surface area contributed by atoms with Gasteiger partial charge in [0, 0.05) is 12.1 Å². The molecule has 10 heteroatoms. The summed E-state index contributed by atoms with van der Waals surface area (Å²) < 4.78 is 45.9. The zero-order valence-corrected chi connectivity index (χ0v) is 19.6. The number of anilines is 1. The van der Waals surface area contributed by atoms with E-state index in [1.54, 1.807) is 43.0 Å². The van der Waals surface area contributed by atoms with Crippen LogP contribution >= 0.6 is 12.2 Å². The Kier molecular flexibility index (Phi) is 6.98. The lowest BCUT2D eigenvalue weighted by atomic mass is 10.0. The number of alkyl halides is 3. The number of thiocarbonyl (C=S) groups is 1. The van der Waals surface area contributed by atoms with Gasteiger partial charge in [-0.05, 0) is 81.9 Å². The minimum atomic E-state index is -4.75. The smallest absolute Gasteiger partial charge is 0.417 e. The summed E-state index contributed by atoms with van der Waals surface area (Å²) in [7, 11) is 0. The molecule has 178 valence electrons. The van der Waals surface area contributed by atoms with Crippen molar-refractivity contribution < 1.29 is 27.5 Å². The molecule has 0 saturated carbocycles. The summed E-state index contributed by atoms with van der Waals surface area (Å²) in [6.45, 7) is 5.41. The van der Waals surface area contributed by atoms with Gasteiger partial charge < -0.3 is 9.64 Å². The molecule has 1 aliphatic rings. The first-order valence-corrected chi connectivity index (χ1v) is 10.8. The Morgan fingerprint density at radius 1 is 1.18 bits per heavy atom. The molecule has 2 aromatic rings. The molecular weight excluding hydrogens is 467 g/mol. The van der Waals surface area contributed by atoms with Gasteiger partial charge in [-0.3, -0.25) is 14.5 Å². The summed E-state index contributed by atoms with van der Waals surface area (Å²) >= 11 is 5.46. The zero-order chi connectivity index (χ0) is 25.3. The van der Waals surface area contributed by atoms with Gasteiger partial charge >= 0.3 is 6.18 Å². The fraction of sp³-hybridized carbons (Fsp3) is 0.333. The number of rotatable bonds is 7. The SMILES string of the molecule is CC(=O)c1ccc(OCCCN2C(=S)N(c3ccc(C#N)c(C(F)(F)F)c3)C(=O)C2(C)C)cc1. The molecule has 6 nitrogen and oxygen atoms in total. The number of hydrogen-bond donors (Lipinski definition) is 0. The van der Waals surface area contributed by atoms with Crippen molar-refractivity contribution in [2.45, 2.75) is 38.9 Å². The zero-order valence-electron chi connectivity index (χ0n) is 18.8. The predicted molar refractivity (Wildman–Crippen MR) is 124 cm³/mol. The standard InChI is InChI=1S/C24H22F3N3O3S/c1-15(31)16-6-9-19(10-7-16)33-12-4-11-29-22(34)30(21(32)23(29,2)3)18-8-5-17(14-28)20(13-18)24(25,26)27/h5-10,13H,4,11-12H2,1-3H3. The molecule has 3 rings (SSSR count). The number of nitrogens with zero attached hydrogens (tertiary/aromatic N) is 3. The average molecular weight is 490 g/mol. The molecule has 1 aliphatic heterocycles. The molecular formula is C24H22F3N3O3S. The van der Waals surface area contributed by atoms with Crippen LogP contribution in [0.5, 0.6) is 5.75 Å². The molecule has 0 unspecified atom stereocenters. The number of halogens is 3. The Morgan fingerprint density at radius 3 is 2.38 bits per heavy atom. The Bertz CT molecular complexity index is 1170. The maximum Gasteiger partial charge on any atom is 0.417 e. The van der Waals surface area contributed by atoms with Crippen molar-refractivity contribution in [2.24, 2.45) is 0 Å². The molecule has 1 amide bonds. The molecule has 0 atom stereocenters. The lowest BCUT2D eigenvalue weighted by Crippen LogP contribution is -2.44. The van der Waals surface area contributed by atoms with Gasteiger partial charge in [-0.15, -0.1) is 0 Å². The van der Waals surface area contributed by atoms with Crippen molar-refractivity contribution in [3.05, 3.63) is 59.2 Å². The topological polar surface area (TPSA) is 73.6 Å². The summed E-state index contributed by atoms with van der Waals surface area (Å²) in [5.74, 6) is 0.0782. The van der Waals surface area contributed by atoms with E-state index in [9.17, 15) is 22.8 Å². The number of ether oxygens (including phenoxy) is 1. The van der Waals surface area contributed by atoms with Crippen LogP contribution in [-0.2, 0) is 11.0 Å². The number of benzene rings is 2. The monoisotopic (exact) mass is 489 g/mol. The minimum absolute atomic E-state index is 0.0429. The van der Waals surface area contributed by atoms with E-state index in [1.165, 1.54) is 19.1 Å². The third-order valence-corrected chi connectivity index (χ3v) is 5.97. The number of carbonyl (C=O) groups excluding carboxylic acids is 2. The van der Waals surface area contributed by atoms with Gasteiger partial charge in [0.15, 0.2) is 10.9 Å². The fourth-order valence-electron chi connectivity index (χ4n) is 3.64. The lowest BCUT2D eigenvalue weighted by Gasteiger charge is -2.29. The van der Waals surface area contributed by atoms with Crippen LogP contribution in [0.3, 0.4) is 0 Å². The van der Waals surface area contributed by atoms with Crippen LogP contribution in [0.25, 0.3) is 0 Å². The molecule has 0 aliphatic carbocycles. The quantitative estimate of drug-likeness (QED) is 0.311. The number of ketones is 1. The Morgan fingerprint density at radius 2 is 1.82 bits per heavy atom. The van der Waals surface area contributed by atoms with Gasteiger partial charge in [0.25, 0.3) is 5.91 Å². The van der Waals surface area contributed by atoms with E-state index in [-0.39, 0.29) is 16.6 Å². The summed E-state index contributed by atoms with van der Waals surface area (Å²) in [6.07, 6.45) is -4.26. The maximum atomic E-state index is 13.4. The number of nitriles is 1. The van der Waals surface area contributed by atoms with Crippen molar-refractivity contribution in [3.8, 4) is 11.8 Å². The second-order valence-electron chi connectivity index (χ2n) is 8.26. The third-order valence-electron chi connectivity index (χ3n) is 5.57. The lowest BCUT2D eigenvalue weighted by molar-refractivity contribution is -0.137. The molecule has 0 N–H and O–H groups in total. The molecule has 0 radical (unpaired) electrons. The van der Waals surface area contributed by atoms with Crippen LogP contribution in [-0.4, -0.2) is 40.4 Å². The number of Topliss-reactive ketones (excluding diaryl/α,β-unsaturated/α-hetero) is 1. The van der Waals surface area contributed by atoms with E-state index in [4.69, 9.17) is 22.2 Å². The highest BCUT2D eigenvalue weighted by Crippen LogP contribution is 2.37. The molecule has 0 spiro atoms. The minimum Gasteiger partial charge on any atom is -0.494 e. The normalized spacial score (nSPS) is 15.4. The highest BCUT2D eigenvalue weighted by atomic mass is 32.1. The molecule has 2 aromatic carbocycles. The summed E-state index contributed by atoms with van der Waals surface area (Å²) in [5.41, 5.74) is -2.20. The van der Waals surface area contributed by atoms with Crippen LogP contribution in [0.1, 0.15) is 48.7 Å². The van der Waals surface area contributed by atoms with Crippen molar-refractivity contribution >= 4 is 34.7 Å². The molecule has 1 saturated heterocycles. The Balaban J connectivity index is 1.72. The summed E-state index contributed by atoms with van der Waals surface area (Å²) in [4.78, 5) is 27.2. The van der Waals surface area contributed by atoms with Gasteiger partial charge in [0.05, 0.1) is 29.5 Å². The summed E-state index contributed by atoms with van der Waals surface area (Å²) in [6, 6.07) is 11.3. The first-order chi connectivity index (χ1) is 15.9. The average Bonchev–Trinajstić information content (AvgIpc) is 2.94.